The quantitative estimate of drug-likeness (QED) is 0.393. The number of para-hydroxylation sites is 1. The molecule has 0 saturated carbocycles. The van der Waals surface area contributed by atoms with E-state index in [0.29, 0.717) is 0 Å². The van der Waals surface area contributed by atoms with Gasteiger partial charge in [-0.2, -0.15) is 0 Å². The first-order chi connectivity index (χ1) is 12.8. The molecule has 0 unspecified atom stereocenters. The number of benzene rings is 3. The van der Waals surface area contributed by atoms with Crippen LogP contribution in [-0.4, -0.2) is 4.57 Å². The monoisotopic (exact) mass is 337 g/mol. The van der Waals surface area contributed by atoms with Gasteiger partial charge in [0.2, 0.25) is 0 Å². The number of hydrogen-bond donors (Lipinski definition) is 0. The van der Waals surface area contributed by atoms with Crippen LogP contribution in [0, 0.1) is 6.92 Å². The Bertz CT molecular complexity index is 1160. The fourth-order valence-corrected chi connectivity index (χ4v) is 4.62. The smallest absolute Gasteiger partial charge is 0.0488 e. The van der Waals surface area contributed by atoms with Crippen LogP contribution in [0.25, 0.3) is 27.2 Å². The number of hydrogen-bond acceptors (Lipinski definition) is 0. The first-order valence-electron chi connectivity index (χ1n) is 9.54. The third-order valence-electron chi connectivity index (χ3n) is 5.89. The molecular formula is C25H23N. The molecule has 4 aromatic rings. The zero-order chi connectivity index (χ0) is 17.7. The molecule has 0 N–H and O–H groups in total. The molecule has 0 bridgehead atoms. The van der Waals surface area contributed by atoms with E-state index in [1.807, 2.05) is 0 Å². The number of rotatable bonds is 2. The molecule has 1 aliphatic rings. The topological polar surface area (TPSA) is 4.93 Å². The molecule has 0 radical (unpaired) electrons. The van der Waals surface area contributed by atoms with Gasteiger partial charge in [0.05, 0.1) is 0 Å². The molecular weight excluding hydrogens is 314 g/mol. The summed E-state index contributed by atoms with van der Waals surface area (Å²) in [6.07, 6.45) is 3.68. The number of fused-ring (bicyclic) bond motifs is 4. The van der Waals surface area contributed by atoms with Crippen LogP contribution in [0.4, 0.5) is 0 Å². The average molecular weight is 337 g/mol. The van der Waals surface area contributed by atoms with Crippen LogP contribution in [0.3, 0.4) is 0 Å². The summed E-state index contributed by atoms with van der Waals surface area (Å²) in [5.41, 5.74) is 7.92. The van der Waals surface area contributed by atoms with Gasteiger partial charge in [-0.1, -0.05) is 61.2 Å². The van der Waals surface area contributed by atoms with Gasteiger partial charge in [0, 0.05) is 28.7 Å². The maximum atomic E-state index is 4.59. The molecule has 128 valence electrons. The third-order valence-corrected chi connectivity index (χ3v) is 5.89. The van der Waals surface area contributed by atoms with E-state index in [-0.39, 0.29) is 0 Å². The van der Waals surface area contributed by atoms with Crippen molar-refractivity contribution in [1.82, 2.24) is 4.57 Å². The van der Waals surface area contributed by atoms with Crippen LogP contribution in [0.5, 0.6) is 0 Å². The van der Waals surface area contributed by atoms with E-state index in [2.05, 4.69) is 78.7 Å². The van der Waals surface area contributed by atoms with Crippen molar-refractivity contribution in [3.63, 3.8) is 0 Å². The minimum absolute atomic E-state index is 1.12. The Morgan fingerprint density at radius 1 is 0.846 bits per heavy atom. The molecule has 1 heteroatoms. The van der Waals surface area contributed by atoms with Crippen molar-refractivity contribution < 1.29 is 0 Å². The highest BCUT2D eigenvalue weighted by molar-refractivity contribution is 6.04. The molecule has 0 spiro atoms. The normalized spacial score (nSPS) is 13.9. The van der Waals surface area contributed by atoms with Crippen molar-refractivity contribution in [3.05, 3.63) is 89.6 Å². The summed E-state index contributed by atoms with van der Waals surface area (Å²) in [6.45, 7) is 7.90. The van der Waals surface area contributed by atoms with Crippen LogP contribution in [0.15, 0.2) is 67.2 Å². The Kier molecular flexibility index (Phi) is 3.49. The largest absolute Gasteiger partial charge is 0.344 e. The Morgan fingerprint density at radius 3 is 2.42 bits per heavy atom. The second kappa shape index (κ2) is 5.88. The molecule has 5 rings (SSSR count). The van der Waals surface area contributed by atoms with Gasteiger partial charge in [-0.05, 0) is 59.7 Å². The van der Waals surface area contributed by atoms with Crippen LogP contribution in [-0.2, 0) is 13.0 Å². The fraction of sp³-hybridized carbons (Fsp3) is 0.200. The Hall–Kier alpha value is -2.80. The van der Waals surface area contributed by atoms with Crippen molar-refractivity contribution in [1.29, 1.82) is 0 Å². The molecule has 0 fully saturated rings. The first-order valence-corrected chi connectivity index (χ1v) is 9.54. The number of aryl methyl sites for hydroxylation is 2. The van der Waals surface area contributed by atoms with Gasteiger partial charge in [-0.25, -0.2) is 0 Å². The Labute approximate surface area is 154 Å². The molecule has 26 heavy (non-hydrogen) atoms. The van der Waals surface area contributed by atoms with Crippen molar-refractivity contribution in [3.8, 4) is 0 Å². The van der Waals surface area contributed by atoms with Gasteiger partial charge < -0.3 is 4.57 Å². The van der Waals surface area contributed by atoms with E-state index in [4.69, 9.17) is 0 Å². The summed E-state index contributed by atoms with van der Waals surface area (Å²) in [5, 5.41) is 3.97. The standard InChI is InChI=1S/C25H23N/c1-17-14-15-20(21-10-4-3-9-19(17)21)18(2)25-22-11-5-6-12-23(22)26-16-8-7-13-24(25)26/h3-6,9-12,14-15H,2,7-8,13,16H2,1H3. The molecule has 2 heterocycles. The van der Waals surface area contributed by atoms with Crippen molar-refractivity contribution >= 4 is 27.2 Å². The second-order valence-electron chi connectivity index (χ2n) is 7.40. The lowest BCUT2D eigenvalue weighted by Gasteiger charge is -2.19. The molecule has 0 amide bonds. The van der Waals surface area contributed by atoms with Crippen LogP contribution in [0.1, 0.15) is 35.2 Å². The zero-order valence-corrected chi connectivity index (χ0v) is 15.3. The van der Waals surface area contributed by atoms with Gasteiger partial charge in [0.15, 0.2) is 0 Å². The highest BCUT2D eigenvalue weighted by Gasteiger charge is 2.22. The minimum atomic E-state index is 1.12. The highest BCUT2D eigenvalue weighted by Crippen LogP contribution is 2.39. The molecule has 0 aliphatic carbocycles. The molecule has 1 aromatic heterocycles. The predicted octanol–water partition coefficient (Wildman–Crippen LogP) is 6.50. The van der Waals surface area contributed by atoms with Crippen molar-refractivity contribution in [2.24, 2.45) is 0 Å². The lowest BCUT2D eigenvalue weighted by atomic mass is 9.90. The Balaban J connectivity index is 1.80. The Morgan fingerprint density at radius 2 is 1.58 bits per heavy atom. The maximum absolute atomic E-state index is 4.59. The summed E-state index contributed by atoms with van der Waals surface area (Å²) in [5.74, 6) is 0. The highest BCUT2D eigenvalue weighted by atomic mass is 15.0. The molecule has 1 nitrogen and oxygen atoms in total. The van der Waals surface area contributed by atoms with Crippen LogP contribution in [0.2, 0.25) is 0 Å². The molecule has 3 aromatic carbocycles. The lowest BCUT2D eigenvalue weighted by molar-refractivity contribution is 0.544. The van der Waals surface area contributed by atoms with Gasteiger partial charge in [0.25, 0.3) is 0 Å². The van der Waals surface area contributed by atoms with Gasteiger partial charge in [0.1, 0.15) is 0 Å². The van der Waals surface area contributed by atoms with E-state index in [1.54, 1.807) is 0 Å². The third kappa shape index (κ3) is 2.17. The maximum Gasteiger partial charge on any atom is 0.0488 e. The predicted molar refractivity (Wildman–Crippen MR) is 112 cm³/mol. The SMILES string of the molecule is C=C(c1ccc(C)c2ccccc12)c1c2n(c3ccccc13)CCCC2. The summed E-state index contributed by atoms with van der Waals surface area (Å²) >= 11 is 0. The fourth-order valence-electron chi connectivity index (χ4n) is 4.62. The van der Waals surface area contributed by atoms with Crippen LogP contribution >= 0.6 is 0 Å². The van der Waals surface area contributed by atoms with Crippen molar-refractivity contribution in [2.75, 3.05) is 0 Å². The molecule has 0 atom stereocenters. The van der Waals surface area contributed by atoms with Crippen molar-refractivity contribution in [2.45, 2.75) is 32.7 Å². The lowest BCUT2D eigenvalue weighted by Crippen LogP contribution is -2.10. The first kappa shape index (κ1) is 15.5. The molecule has 1 aliphatic heterocycles. The van der Waals surface area contributed by atoms with E-state index in [9.17, 15) is 0 Å². The zero-order valence-electron chi connectivity index (χ0n) is 15.3. The number of nitrogens with zero attached hydrogens (tertiary/aromatic N) is 1. The second-order valence-corrected chi connectivity index (χ2v) is 7.40. The average Bonchev–Trinajstić information content (AvgIpc) is 3.03. The van der Waals surface area contributed by atoms with E-state index in [0.717, 1.165) is 18.5 Å². The van der Waals surface area contributed by atoms with Gasteiger partial charge in [-0.3, -0.25) is 0 Å². The summed E-state index contributed by atoms with van der Waals surface area (Å²) in [7, 11) is 0. The minimum Gasteiger partial charge on any atom is -0.344 e. The summed E-state index contributed by atoms with van der Waals surface area (Å²) in [4.78, 5) is 0. The van der Waals surface area contributed by atoms with Gasteiger partial charge in [-0.15, -0.1) is 0 Å². The van der Waals surface area contributed by atoms with E-state index < -0.39 is 0 Å². The summed E-state index contributed by atoms with van der Waals surface area (Å²) < 4.78 is 2.52. The van der Waals surface area contributed by atoms with E-state index >= 15 is 0 Å². The van der Waals surface area contributed by atoms with Gasteiger partial charge >= 0.3 is 0 Å². The van der Waals surface area contributed by atoms with Crippen LogP contribution < -0.4 is 0 Å². The summed E-state index contributed by atoms with van der Waals surface area (Å²) in [6, 6.07) is 22.0. The number of aromatic nitrogens is 1. The van der Waals surface area contributed by atoms with E-state index in [1.165, 1.54) is 56.9 Å². The molecule has 0 saturated heterocycles.